The largest absolute Gasteiger partial charge is 0.481 e. The van der Waals surface area contributed by atoms with E-state index in [2.05, 4.69) is 6.92 Å². The summed E-state index contributed by atoms with van der Waals surface area (Å²) in [4.78, 5) is 22.4. The van der Waals surface area contributed by atoms with Crippen molar-refractivity contribution in [3.05, 3.63) is 0 Å². The summed E-state index contributed by atoms with van der Waals surface area (Å²) in [5.41, 5.74) is 0. The fourth-order valence-corrected chi connectivity index (χ4v) is 1.55. The van der Waals surface area contributed by atoms with E-state index in [1.54, 1.807) is 0 Å². The molecule has 0 aromatic rings. The van der Waals surface area contributed by atoms with Crippen molar-refractivity contribution in [3.8, 4) is 0 Å². The first-order chi connectivity index (χ1) is 7.13. The van der Waals surface area contributed by atoms with Crippen LogP contribution >= 0.6 is 0 Å². The van der Waals surface area contributed by atoms with Crippen LogP contribution in [0.25, 0.3) is 0 Å². The predicted octanol–water partition coefficient (Wildman–Crippen LogP) is 3.03. The van der Waals surface area contributed by atoms with Gasteiger partial charge in [-0.25, -0.2) is 0 Å². The maximum atomic E-state index is 11.6. The molecule has 0 aliphatic rings. The minimum atomic E-state index is -0.954. The van der Waals surface area contributed by atoms with Crippen molar-refractivity contribution in [1.29, 1.82) is 0 Å². The highest BCUT2D eigenvalue weighted by molar-refractivity contribution is 5.98. The Labute approximate surface area is 91.9 Å². The van der Waals surface area contributed by atoms with E-state index < -0.39 is 11.9 Å². The lowest BCUT2D eigenvalue weighted by atomic mass is 9.94. The fraction of sp³-hybridized carbons (Fsp3) is 0.833. The fourth-order valence-electron chi connectivity index (χ4n) is 1.55. The van der Waals surface area contributed by atoms with Crippen LogP contribution < -0.4 is 0 Å². The molecule has 15 heavy (non-hydrogen) atoms. The van der Waals surface area contributed by atoms with E-state index in [9.17, 15) is 9.59 Å². The summed E-state index contributed by atoms with van der Waals surface area (Å²) in [5.74, 6) is -1.81. The third-order valence-electron chi connectivity index (χ3n) is 2.56. The summed E-state index contributed by atoms with van der Waals surface area (Å²) < 4.78 is 0. The summed E-state index contributed by atoms with van der Waals surface area (Å²) in [6, 6.07) is 0. The molecule has 0 bridgehead atoms. The second-order valence-corrected chi connectivity index (χ2v) is 3.96. The van der Waals surface area contributed by atoms with Crippen molar-refractivity contribution < 1.29 is 14.7 Å². The van der Waals surface area contributed by atoms with Crippen molar-refractivity contribution in [1.82, 2.24) is 0 Å². The lowest BCUT2D eigenvalue weighted by Gasteiger charge is -2.10. The molecule has 0 spiro atoms. The third kappa shape index (κ3) is 6.26. The molecule has 3 heteroatoms. The quantitative estimate of drug-likeness (QED) is 0.474. The van der Waals surface area contributed by atoms with Gasteiger partial charge in [0, 0.05) is 6.42 Å². The molecule has 0 aromatic carbocycles. The zero-order chi connectivity index (χ0) is 11.7. The maximum Gasteiger partial charge on any atom is 0.314 e. The normalized spacial score (nSPS) is 12.4. The summed E-state index contributed by atoms with van der Waals surface area (Å²) in [5, 5.41) is 8.91. The highest BCUT2D eigenvalue weighted by atomic mass is 16.4. The number of hydrogen-bond acceptors (Lipinski definition) is 2. The van der Waals surface area contributed by atoms with E-state index >= 15 is 0 Å². The predicted molar refractivity (Wildman–Crippen MR) is 59.8 cm³/mol. The number of hydrogen-bond donors (Lipinski definition) is 1. The molecule has 88 valence electrons. The highest BCUT2D eigenvalue weighted by Gasteiger charge is 2.24. The van der Waals surface area contributed by atoms with Crippen LogP contribution in [-0.4, -0.2) is 16.9 Å². The topological polar surface area (TPSA) is 54.4 Å². The first kappa shape index (κ1) is 14.1. The van der Waals surface area contributed by atoms with Crippen molar-refractivity contribution in [2.24, 2.45) is 5.92 Å². The molecule has 0 aliphatic carbocycles. The Kier molecular flexibility index (Phi) is 7.96. The summed E-state index contributed by atoms with van der Waals surface area (Å²) in [7, 11) is 0. The van der Waals surface area contributed by atoms with Crippen LogP contribution in [0, 0.1) is 5.92 Å². The monoisotopic (exact) mass is 214 g/mol. The molecule has 1 N–H and O–H groups in total. The van der Waals surface area contributed by atoms with Crippen LogP contribution in [0.1, 0.15) is 58.8 Å². The molecule has 0 aliphatic heterocycles. The third-order valence-corrected chi connectivity index (χ3v) is 2.56. The van der Waals surface area contributed by atoms with Gasteiger partial charge in [0.1, 0.15) is 11.7 Å². The maximum absolute atomic E-state index is 11.6. The lowest BCUT2D eigenvalue weighted by Crippen LogP contribution is -2.23. The number of carboxylic acid groups (broad SMARTS) is 1. The van der Waals surface area contributed by atoms with Crippen LogP contribution in [0.5, 0.6) is 0 Å². The van der Waals surface area contributed by atoms with E-state index in [-0.39, 0.29) is 5.78 Å². The van der Waals surface area contributed by atoms with Gasteiger partial charge in [0.2, 0.25) is 0 Å². The Morgan fingerprint density at radius 2 is 1.67 bits per heavy atom. The Hall–Kier alpha value is -0.860. The molecule has 0 rings (SSSR count). The van der Waals surface area contributed by atoms with Crippen molar-refractivity contribution in [3.63, 3.8) is 0 Å². The van der Waals surface area contributed by atoms with Crippen LogP contribution in [-0.2, 0) is 9.59 Å². The van der Waals surface area contributed by atoms with Crippen molar-refractivity contribution in [2.75, 3.05) is 0 Å². The van der Waals surface area contributed by atoms with Gasteiger partial charge >= 0.3 is 5.97 Å². The molecule has 0 saturated heterocycles. The zero-order valence-electron chi connectivity index (χ0n) is 9.79. The van der Waals surface area contributed by atoms with Gasteiger partial charge in [-0.2, -0.15) is 0 Å². The van der Waals surface area contributed by atoms with Gasteiger partial charge < -0.3 is 5.11 Å². The standard InChI is InChI=1S/C12H22O3/c1-3-5-7-9-11(13)10(12(14)15)8-6-4-2/h10H,3-9H2,1-2H3,(H,14,15). The lowest BCUT2D eigenvalue weighted by molar-refractivity contribution is -0.146. The smallest absolute Gasteiger partial charge is 0.314 e. The number of rotatable bonds is 9. The highest BCUT2D eigenvalue weighted by Crippen LogP contribution is 2.14. The Bertz CT molecular complexity index is 199. The van der Waals surface area contributed by atoms with Gasteiger partial charge in [0.25, 0.3) is 0 Å². The number of Topliss-reactive ketones (excluding diaryl/α,β-unsaturated/α-hetero) is 1. The first-order valence-electron chi connectivity index (χ1n) is 5.89. The average Bonchev–Trinajstić information content (AvgIpc) is 2.18. The van der Waals surface area contributed by atoms with E-state index in [1.807, 2.05) is 6.92 Å². The van der Waals surface area contributed by atoms with Gasteiger partial charge in [-0.05, 0) is 12.8 Å². The molecular weight excluding hydrogens is 192 g/mol. The first-order valence-corrected chi connectivity index (χ1v) is 5.89. The number of aliphatic carboxylic acids is 1. The van der Waals surface area contributed by atoms with E-state index in [1.165, 1.54) is 0 Å². The molecule has 0 aromatic heterocycles. The molecule has 1 atom stereocenters. The van der Waals surface area contributed by atoms with Gasteiger partial charge in [-0.3, -0.25) is 9.59 Å². The second-order valence-electron chi connectivity index (χ2n) is 3.96. The molecule has 0 heterocycles. The minimum absolute atomic E-state index is 0.0931. The molecular formula is C12H22O3. The number of carboxylic acids is 1. The molecule has 0 fully saturated rings. The second kappa shape index (κ2) is 8.45. The van der Waals surface area contributed by atoms with Crippen LogP contribution in [0.3, 0.4) is 0 Å². The minimum Gasteiger partial charge on any atom is -0.481 e. The number of carbonyl (C=O) groups is 2. The molecule has 3 nitrogen and oxygen atoms in total. The molecule has 0 amide bonds. The van der Waals surface area contributed by atoms with Crippen LogP contribution in [0.15, 0.2) is 0 Å². The van der Waals surface area contributed by atoms with Gasteiger partial charge in [-0.15, -0.1) is 0 Å². The van der Waals surface area contributed by atoms with Crippen LogP contribution in [0.2, 0.25) is 0 Å². The number of ketones is 1. The Morgan fingerprint density at radius 3 is 2.13 bits per heavy atom. The van der Waals surface area contributed by atoms with E-state index in [4.69, 9.17) is 5.11 Å². The number of unbranched alkanes of at least 4 members (excludes halogenated alkanes) is 3. The van der Waals surface area contributed by atoms with E-state index in [0.717, 1.165) is 32.1 Å². The SMILES string of the molecule is CCCCCC(=O)C(CCCC)C(=O)O. The summed E-state index contributed by atoms with van der Waals surface area (Å²) in [6.07, 6.45) is 5.56. The van der Waals surface area contributed by atoms with Gasteiger partial charge in [0.15, 0.2) is 0 Å². The van der Waals surface area contributed by atoms with Crippen LogP contribution in [0.4, 0.5) is 0 Å². The molecule has 1 unspecified atom stereocenters. The Morgan fingerprint density at radius 1 is 1.07 bits per heavy atom. The van der Waals surface area contributed by atoms with Gasteiger partial charge in [-0.1, -0.05) is 39.5 Å². The zero-order valence-corrected chi connectivity index (χ0v) is 9.79. The molecule has 0 radical (unpaired) electrons. The van der Waals surface area contributed by atoms with E-state index in [0.29, 0.717) is 12.8 Å². The van der Waals surface area contributed by atoms with Crippen molar-refractivity contribution in [2.45, 2.75) is 58.8 Å². The molecule has 0 saturated carbocycles. The van der Waals surface area contributed by atoms with Gasteiger partial charge in [0.05, 0.1) is 0 Å². The number of carbonyl (C=O) groups excluding carboxylic acids is 1. The summed E-state index contributed by atoms with van der Waals surface area (Å²) in [6.45, 7) is 4.07. The Balaban J connectivity index is 3.99. The summed E-state index contributed by atoms with van der Waals surface area (Å²) >= 11 is 0. The van der Waals surface area contributed by atoms with Crippen molar-refractivity contribution >= 4 is 11.8 Å². The average molecular weight is 214 g/mol.